The van der Waals surface area contributed by atoms with Gasteiger partial charge in [-0.15, -0.1) is 0 Å². The zero-order valence-corrected chi connectivity index (χ0v) is 10.3. The first-order valence-corrected chi connectivity index (χ1v) is 5.91. The molecule has 1 aromatic carbocycles. The molecule has 0 spiro atoms. The summed E-state index contributed by atoms with van der Waals surface area (Å²) in [5.74, 6) is 0. The monoisotopic (exact) mass is 259 g/mol. The molecule has 0 amide bonds. The van der Waals surface area contributed by atoms with Crippen molar-refractivity contribution in [1.29, 1.82) is 0 Å². The van der Waals surface area contributed by atoms with Crippen LogP contribution < -0.4 is 0 Å². The second kappa shape index (κ2) is 4.55. The third-order valence-electron chi connectivity index (χ3n) is 3.34. The fraction of sp³-hybridized carbons (Fsp3) is 0.538. The molecule has 0 fully saturated rings. The highest BCUT2D eigenvalue weighted by atomic mass is 19.4. The first-order valence-electron chi connectivity index (χ1n) is 5.91. The van der Waals surface area contributed by atoms with E-state index in [9.17, 15) is 18.3 Å². The predicted octanol–water partition coefficient (Wildman–Crippen LogP) is 2.96. The Morgan fingerprint density at radius 3 is 2.56 bits per heavy atom. The average molecular weight is 259 g/mol. The smallest absolute Gasteiger partial charge is 0.387 e. The van der Waals surface area contributed by atoms with Crippen LogP contribution in [0.1, 0.15) is 36.6 Å². The van der Waals surface area contributed by atoms with Crippen LogP contribution in [-0.4, -0.2) is 22.6 Å². The summed E-state index contributed by atoms with van der Waals surface area (Å²) in [6.07, 6.45) is -5.04. The van der Waals surface area contributed by atoms with Gasteiger partial charge in [-0.05, 0) is 37.1 Å². The molecule has 1 aliphatic rings. The van der Waals surface area contributed by atoms with E-state index in [-0.39, 0.29) is 6.04 Å². The molecular weight excluding hydrogens is 243 g/mol. The fourth-order valence-corrected chi connectivity index (χ4v) is 2.24. The Bertz CT molecular complexity index is 442. The van der Waals surface area contributed by atoms with E-state index >= 15 is 0 Å². The maximum absolute atomic E-state index is 12.6. The Balaban J connectivity index is 2.37. The van der Waals surface area contributed by atoms with E-state index in [2.05, 4.69) is 0 Å². The van der Waals surface area contributed by atoms with Crippen LogP contribution in [-0.2, 0) is 12.7 Å². The van der Waals surface area contributed by atoms with Crippen LogP contribution in [0.3, 0.4) is 0 Å². The number of hydrogen-bond donors (Lipinski definition) is 1. The van der Waals surface area contributed by atoms with E-state index in [1.807, 2.05) is 18.7 Å². The Kier molecular flexibility index (Phi) is 3.38. The number of hydrogen-bond acceptors (Lipinski definition) is 2. The minimum atomic E-state index is -4.33. The second-order valence-corrected chi connectivity index (χ2v) is 4.95. The number of benzene rings is 1. The van der Waals surface area contributed by atoms with Gasteiger partial charge >= 0.3 is 6.18 Å². The van der Waals surface area contributed by atoms with E-state index in [4.69, 9.17) is 0 Å². The van der Waals surface area contributed by atoms with Crippen molar-refractivity contribution in [2.75, 3.05) is 6.54 Å². The van der Waals surface area contributed by atoms with Crippen LogP contribution in [0.5, 0.6) is 0 Å². The summed E-state index contributed by atoms with van der Waals surface area (Å²) in [5.41, 5.74) is 0.524. The van der Waals surface area contributed by atoms with Gasteiger partial charge in [0.25, 0.3) is 0 Å². The molecule has 2 nitrogen and oxygen atoms in total. The second-order valence-electron chi connectivity index (χ2n) is 4.95. The Hall–Kier alpha value is -1.07. The number of aliphatic hydroxyl groups excluding tert-OH is 1. The maximum Gasteiger partial charge on any atom is 0.416 e. The molecule has 2 rings (SSSR count). The number of nitrogens with zero attached hydrogens (tertiary/aromatic N) is 1. The van der Waals surface area contributed by atoms with Crippen molar-refractivity contribution >= 4 is 0 Å². The number of rotatable bonds is 1. The summed E-state index contributed by atoms with van der Waals surface area (Å²) in [6, 6.07) is 3.77. The van der Waals surface area contributed by atoms with Crippen LogP contribution in [0.15, 0.2) is 18.2 Å². The lowest BCUT2D eigenvalue weighted by Crippen LogP contribution is -2.38. The van der Waals surface area contributed by atoms with Gasteiger partial charge in [0.2, 0.25) is 0 Å². The summed E-state index contributed by atoms with van der Waals surface area (Å²) in [7, 11) is 0. The van der Waals surface area contributed by atoms with Crippen molar-refractivity contribution in [2.45, 2.75) is 38.7 Å². The van der Waals surface area contributed by atoms with Crippen LogP contribution in [0.4, 0.5) is 13.2 Å². The Morgan fingerprint density at radius 2 is 2.00 bits per heavy atom. The topological polar surface area (TPSA) is 23.5 Å². The van der Waals surface area contributed by atoms with E-state index in [1.165, 1.54) is 6.07 Å². The van der Waals surface area contributed by atoms with E-state index in [0.29, 0.717) is 24.2 Å². The zero-order valence-electron chi connectivity index (χ0n) is 10.3. The molecule has 0 bridgehead atoms. The molecule has 0 saturated heterocycles. The molecule has 5 heteroatoms. The molecule has 0 unspecified atom stereocenters. The summed E-state index contributed by atoms with van der Waals surface area (Å²) in [4.78, 5) is 1.97. The van der Waals surface area contributed by atoms with Crippen LogP contribution in [0.25, 0.3) is 0 Å². The number of halogens is 3. The minimum Gasteiger partial charge on any atom is -0.387 e. The van der Waals surface area contributed by atoms with E-state index in [1.54, 1.807) is 0 Å². The van der Waals surface area contributed by atoms with Gasteiger partial charge in [0.15, 0.2) is 0 Å². The Morgan fingerprint density at radius 1 is 1.33 bits per heavy atom. The molecule has 0 radical (unpaired) electrons. The van der Waals surface area contributed by atoms with Crippen molar-refractivity contribution in [3.8, 4) is 0 Å². The van der Waals surface area contributed by atoms with Gasteiger partial charge in [0, 0.05) is 19.1 Å². The molecule has 100 valence electrons. The summed E-state index contributed by atoms with van der Waals surface area (Å²) in [6.45, 7) is 4.85. The zero-order chi connectivity index (χ0) is 13.5. The summed E-state index contributed by atoms with van der Waals surface area (Å²) >= 11 is 0. The third kappa shape index (κ3) is 2.52. The standard InChI is InChI=1S/C13H16F3NO/c1-8(2)17-6-9-5-10(13(14,15)16)3-4-11(9)12(18)7-17/h3-5,8,12,18H,6-7H2,1-2H3/t12-/m0/s1. The lowest BCUT2D eigenvalue weighted by Gasteiger charge is -2.35. The quantitative estimate of drug-likeness (QED) is 0.838. The van der Waals surface area contributed by atoms with Gasteiger partial charge in [-0.25, -0.2) is 0 Å². The molecule has 1 N–H and O–H groups in total. The average Bonchev–Trinajstić information content (AvgIpc) is 2.26. The van der Waals surface area contributed by atoms with Crippen molar-refractivity contribution in [2.24, 2.45) is 0 Å². The molecule has 1 atom stereocenters. The first-order chi connectivity index (χ1) is 8.29. The molecule has 0 aromatic heterocycles. The Labute approximate surface area is 104 Å². The van der Waals surface area contributed by atoms with Crippen LogP contribution in [0, 0.1) is 0 Å². The highest BCUT2D eigenvalue weighted by Crippen LogP contribution is 2.34. The van der Waals surface area contributed by atoms with Gasteiger partial charge < -0.3 is 5.11 Å². The highest BCUT2D eigenvalue weighted by Gasteiger charge is 2.33. The molecular formula is C13H16F3NO. The van der Waals surface area contributed by atoms with Gasteiger partial charge in [0.1, 0.15) is 0 Å². The largest absolute Gasteiger partial charge is 0.416 e. The van der Waals surface area contributed by atoms with Crippen molar-refractivity contribution in [3.63, 3.8) is 0 Å². The van der Waals surface area contributed by atoms with Crippen molar-refractivity contribution < 1.29 is 18.3 Å². The SMILES string of the molecule is CC(C)N1Cc2cc(C(F)(F)F)ccc2[C@@H](O)C1. The number of aliphatic hydroxyl groups is 1. The lowest BCUT2D eigenvalue weighted by atomic mass is 9.94. The lowest BCUT2D eigenvalue weighted by molar-refractivity contribution is -0.137. The van der Waals surface area contributed by atoms with Crippen LogP contribution >= 0.6 is 0 Å². The predicted molar refractivity (Wildman–Crippen MR) is 61.9 cm³/mol. The van der Waals surface area contributed by atoms with Crippen molar-refractivity contribution in [3.05, 3.63) is 34.9 Å². The molecule has 18 heavy (non-hydrogen) atoms. The molecule has 1 aliphatic heterocycles. The summed E-state index contributed by atoms with van der Waals surface area (Å²) < 4.78 is 37.9. The van der Waals surface area contributed by atoms with E-state index in [0.717, 1.165) is 12.1 Å². The highest BCUT2D eigenvalue weighted by molar-refractivity contribution is 5.36. The maximum atomic E-state index is 12.6. The molecule has 0 aliphatic carbocycles. The van der Waals surface area contributed by atoms with E-state index < -0.39 is 17.8 Å². The van der Waals surface area contributed by atoms with Gasteiger partial charge in [-0.3, -0.25) is 4.90 Å². The first kappa shape index (κ1) is 13.4. The number of fused-ring (bicyclic) bond motifs is 1. The molecule has 0 saturated carbocycles. The van der Waals surface area contributed by atoms with Gasteiger partial charge in [0.05, 0.1) is 11.7 Å². The van der Waals surface area contributed by atoms with Gasteiger partial charge in [-0.1, -0.05) is 6.07 Å². The van der Waals surface area contributed by atoms with Crippen LogP contribution in [0.2, 0.25) is 0 Å². The number of β-amino-alcohol motifs (C(OH)–C–C–N with tert-alkyl or cyclic N) is 1. The summed E-state index contributed by atoms with van der Waals surface area (Å²) in [5, 5.41) is 9.95. The molecule has 1 aromatic rings. The minimum absolute atomic E-state index is 0.197. The third-order valence-corrected chi connectivity index (χ3v) is 3.34. The van der Waals surface area contributed by atoms with Crippen molar-refractivity contribution in [1.82, 2.24) is 4.90 Å². The fourth-order valence-electron chi connectivity index (χ4n) is 2.24. The molecule has 1 heterocycles. The normalized spacial score (nSPS) is 21.2. The van der Waals surface area contributed by atoms with Gasteiger partial charge in [-0.2, -0.15) is 13.2 Å². The number of alkyl halides is 3.